The number of aromatic nitrogens is 2. The van der Waals surface area contributed by atoms with Crippen LogP contribution in [0, 0.1) is 20.8 Å². The molecule has 0 saturated heterocycles. The summed E-state index contributed by atoms with van der Waals surface area (Å²) in [5.41, 5.74) is 3.47. The van der Waals surface area contributed by atoms with Gasteiger partial charge in [0.15, 0.2) is 0 Å². The number of hydrogen-bond donors (Lipinski definition) is 2. The Bertz CT molecular complexity index is 642. The first-order valence-electron chi connectivity index (χ1n) is 7.21. The molecule has 2 rings (SSSR count). The zero-order valence-electron chi connectivity index (χ0n) is 13.7. The van der Waals surface area contributed by atoms with Crippen molar-refractivity contribution in [3.63, 3.8) is 0 Å². The molecule has 4 heteroatoms. The first-order valence-corrected chi connectivity index (χ1v) is 7.21. The lowest BCUT2D eigenvalue weighted by molar-refractivity contribution is 0.629. The monoisotopic (exact) mass is 284 g/mol. The van der Waals surface area contributed by atoms with Crippen LogP contribution >= 0.6 is 0 Å². The molecule has 0 bridgehead atoms. The predicted molar refractivity (Wildman–Crippen MR) is 89.3 cm³/mol. The minimum Gasteiger partial charge on any atom is -0.365 e. The molecule has 1 aromatic heterocycles. The molecular formula is C17H24N4. The van der Waals surface area contributed by atoms with E-state index < -0.39 is 0 Å². The van der Waals surface area contributed by atoms with E-state index in [1.807, 2.05) is 13.0 Å². The van der Waals surface area contributed by atoms with Gasteiger partial charge in [0.05, 0.1) is 0 Å². The van der Waals surface area contributed by atoms with Gasteiger partial charge in [-0.25, -0.2) is 9.97 Å². The van der Waals surface area contributed by atoms with Crippen LogP contribution in [0.2, 0.25) is 0 Å². The first-order chi connectivity index (χ1) is 9.73. The Balaban J connectivity index is 2.30. The third-order valence-electron chi connectivity index (χ3n) is 3.00. The first kappa shape index (κ1) is 15.3. The van der Waals surface area contributed by atoms with E-state index in [-0.39, 0.29) is 5.54 Å². The normalized spacial score (nSPS) is 11.3. The SMILES string of the molecule is Cc1ccc(C)c(Nc2cc(NC(C)(C)C)nc(C)n2)c1. The highest BCUT2D eigenvalue weighted by atomic mass is 15.1. The molecule has 2 aromatic rings. The maximum atomic E-state index is 4.47. The summed E-state index contributed by atoms with van der Waals surface area (Å²) in [5.74, 6) is 2.39. The number of nitrogens with one attached hydrogen (secondary N) is 2. The molecule has 0 aliphatic heterocycles. The second-order valence-electron chi connectivity index (χ2n) is 6.50. The molecule has 0 amide bonds. The van der Waals surface area contributed by atoms with Gasteiger partial charge in [0, 0.05) is 17.3 Å². The summed E-state index contributed by atoms with van der Waals surface area (Å²) < 4.78 is 0. The molecule has 1 aromatic carbocycles. The summed E-state index contributed by atoms with van der Waals surface area (Å²) in [4.78, 5) is 8.91. The smallest absolute Gasteiger partial charge is 0.136 e. The van der Waals surface area contributed by atoms with Crippen LogP contribution in [0.5, 0.6) is 0 Å². The number of nitrogens with zero attached hydrogens (tertiary/aromatic N) is 2. The van der Waals surface area contributed by atoms with E-state index in [9.17, 15) is 0 Å². The van der Waals surface area contributed by atoms with Crippen molar-refractivity contribution in [3.8, 4) is 0 Å². The predicted octanol–water partition coefficient (Wildman–Crippen LogP) is 4.36. The van der Waals surface area contributed by atoms with Crippen LogP contribution in [-0.4, -0.2) is 15.5 Å². The van der Waals surface area contributed by atoms with Gasteiger partial charge in [-0.1, -0.05) is 12.1 Å². The summed E-state index contributed by atoms with van der Waals surface area (Å²) in [6.45, 7) is 12.4. The highest BCUT2D eigenvalue weighted by molar-refractivity contribution is 5.63. The molecule has 2 N–H and O–H groups in total. The Morgan fingerprint density at radius 2 is 1.57 bits per heavy atom. The van der Waals surface area contributed by atoms with Crippen molar-refractivity contribution in [2.45, 2.75) is 47.1 Å². The summed E-state index contributed by atoms with van der Waals surface area (Å²) in [5, 5.41) is 6.77. The van der Waals surface area contributed by atoms with Gasteiger partial charge in [0.1, 0.15) is 17.5 Å². The lowest BCUT2D eigenvalue weighted by atomic mass is 10.1. The van der Waals surface area contributed by atoms with E-state index >= 15 is 0 Å². The second-order valence-corrected chi connectivity index (χ2v) is 6.50. The molecule has 0 radical (unpaired) electrons. The quantitative estimate of drug-likeness (QED) is 0.879. The van der Waals surface area contributed by atoms with Crippen molar-refractivity contribution in [3.05, 3.63) is 41.2 Å². The number of rotatable bonds is 3. The van der Waals surface area contributed by atoms with Crippen LogP contribution in [0.4, 0.5) is 17.3 Å². The van der Waals surface area contributed by atoms with Gasteiger partial charge in [-0.15, -0.1) is 0 Å². The van der Waals surface area contributed by atoms with Crippen molar-refractivity contribution < 1.29 is 0 Å². The fraction of sp³-hybridized carbons (Fsp3) is 0.412. The summed E-state index contributed by atoms with van der Waals surface area (Å²) >= 11 is 0. The van der Waals surface area contributed by atoms with Crippen LogP contribution in [0.25, 0.3) is 0 Å². The summed E-state index contributed by atoms with van der Waals surface area (Å²) in [7, 11) is 0. The molecule has 112 valence electrons. The fourth-order valence-electron chi connectivity index (χ4n) is 2.09. The van der Waals surface area contributed by atoms with Gasteiger partial charge in [-0.2, -0.15) is 0 Å². The van der Waals surface area contributed by atoms with Gasteiger partial charge in [0.2, 0.25) is 0 Å². The Morgan fingerprint density at radius 1 is 0.905 bits per heavy atom. The van der Waals surface area contributed by atoms with E-state index in [0.29, 0.717) is 0 Å². The molecule has 0 aliphatic carbocycles. The van der Waals surface area contributed by atoms with E-state index in [1.165, 1.54) is 11.1 Å². The van der Waals surface area contributed by atoms with Crippen LogP contribution < -0.4 is 10.6 Å². The average Bonchev–Trinajstić information content (AvgIpc) is 2.31. The second kappa shape index (κ2) is 5.72. The molecule has 21 heavy (non-hydrogen) atoms. The van der Waals surface area contributed by atoms with Crippen molar-refractivity contribution in [2.75, 3.05) is 10.6 Å². The van der Waals surface area contributed by atoms with Crippen molar-refractivity contribution in [1.82, 2.24) is 9.97 Å². The molecule has 0 spiro atoms. The lowest BCUT2D eigenvalue weighted by Crippen LogP contribution is -2.27. The van der Waals surface area contributed by atoms with Crippen LogP contribution in [-0.2, 0) is 0 Å². The molecule has 4 nitrogen and oxygen atoms in total. The van der Waals surface area contributed by atoms with E-state index in [4.69, 9.17) is 0 Å². The minimum absolute atomic E-state index is 0.0304. The Hall–Kier alpha value is -2.10. The third-order valence-corrected chi connectivity index (χ3v) is 3.00. The van der Waals surface area contributed by atoms with Crippen molar-refractivity contribution in [2.24, 2.45) is 0 Å². The molecule has 0 fully saturated rings. The van der Waals surface area contributed by atoms with Crippen LogP contribution in [0.1, 0.15) is 37.7 Å². The largest absolute Gasteiger partial charge is 0.365 e. The maximum Gasteiger partial charge on any atom is 0.136 e. The molecule has 1 heterocycles. The highest BCUT2D eigenvalue weighted by Crippen LogP contribution is 2.23. The number of benzene rings is 1. The third kappa shape index (κ3) is 4.45. The summed E-state index contributed by atoms with van der Waals surface area (Å²) in [6, 6.07) is 8.29. The minimum atomic E-state index is -0.0304. The molecule has 0 saturated carbocycles. The van der Waals surface area contributed by atoms with Gasteiger partial charge < -0.3 is 10.6 Å². The van der Waals surface area contributed by atoms with Crippen LogP contribution in [0.3, 0.4) is 0 Å². The van der Waals surface area contributed by atoms with E-state index in [0.717, 1.165) is 23.1 Å². The Labute approximate surface area is 127 Å². The van der Waals surface area contributed by atoms with Crippen molar-refractivity contribution in [1.29, 1.82) is 0 Å². The van der Waals surface area contributed by atoms with Gasteiger partial charge in [0.25, 0.3) is 0 Å². The molecule has 0 atom stereocenters. The number of aryl methyl sites for hydroxylation is 3. The topological polar surface area (TPSA) is 49.8 Å². The standard InChI is InChI=1S/C17H24N4/c1-11-7-8-12(2)14(9-11)20-15-10-16(19-13(3)18-15)21-17(4,5)6/h7-10H,1-6H3,(H2,18,19,20,21). The average molecular weight is 284 g/mol. The molecule has 0 aliphatic rings. The van der Waals surface area contributed by atoms with Gasteiger partial charge in [-0.3, -0.25) is 0 Å². The Morgan fingerprint density at radius 3 is 2.24 bits per heavy atom. The van der Waals surface area contributed by atoms with Gasteiger partial charge in [-0.05, 0) is 58.7 Å². The highest BCUT2D eigenvalue weighted by Gasteiger charge is 2.12. The van der Waals surface area contributed by atoms with E-state index in [1.54, 1.807) is 0 Å². The number of anilines is 3. The molecule has 0 unspecified atom stereocenters. The van der Waals surface area contributed by atoms with Crippen molar-refractivity contribution >= 4 is 17.3 Å². The van der Waals surface area contributed by atoms with Gasteiger partial charge >= 0.3 is 0 Å². The van der Waals surface area contributed by atoms with Crippen LogP contribution in [0.15, 0.2) is 24.3 Å². The summed E-state index contributed by atoms with van der Waals surface area (Å²) in [6.07, 6.45) is 0. The molecular weight excluding hydrogens is 260 g/mol. The zero-order chi connectivity index (χ0) is 15.6. The zero-order valence-corrected chi connectivity index (χ0v) is 13.7. The fourth-order valence-corrected chi connectivity index (χ4v) is 2.09. The Kier molecular flexibility index (Phi) is 4.16. The maximum absolute atomic E-state index is 4.47. The number of hydrogen-bond acceptors (Lipinski definition) is 4. The lowest BCUT2D eigenvalue weighted by Gasteiger charge is -2.22. The van der Waals surface area contributed by atoms with E-state index in [2.05, 4.69) is 73.4 Å².